The van der Waals surface area contributed by atoms with Crippen LogP contribution in [0.25, 0.3) is 11.4 Å². The zero-order chi connectivity index (χ0) is 16.9. The molecule has 1 N–H and O–H groups in total. The lowest BCUT2D eigenvalue weighted by Crippen LogP contribution is -2.14. The van der Waals surface area contributed by atoms with Gasteiger partial charge in [0.1, 0.15) is 16.6 Å². The molecule has 3 aromatic rings. The first-order valence-electron chi connectivity index (χ1n) is 7.23. The van der Waals surface area contributed by atoms with Gasteiger partial charge in [-0.1, -0.05) is 23.0 Å². The average Bonchev–Trinajstić information content (AvgIpc) is 2.98. The van der Waals surface area contributed by atoms with Gasteiger partial charge in [-0.3, -0.25) is 9.78 Å². The van der Waals surface area contributed by atoms with Crippen LogP contribution in [0.5, 0.6) is 0 Å². The van der Waals surface area contributed by atoms with Crippen LogP contribution in [0.1, 0.15) is 11.6 Å². The van der Waals surface area contributed by atoms with E-state index in [0.29, 0.717) is 17.4 Å². The van der Waals surface area contributed by atoms with Crippen molar-refractivity contribution in [1.29, 1.82) is 0 Å². The lowest BCUT2D eigenvalue weighted by atomic mass is 10.2. The Morgan fingerprint density at radius 2 is 2.08 bits per heavy atom. The minimum atomic E-state index is -0.177. The molecule has 1 amide bonds. The third-order valence-electron chi connectivity index (χ3n) is 2.99. The van der Waals surface area contributed by atoms with Gasteiger partial charge >= 0.3 is 0 Å². The summed E-state index contributed by atoms with van der Waals surface area (Å²) in [6.07, 6.45) is 1.72. The van der Waals surface area contributed by atoms with Crippen molar-refractivity contribution in [2.45, 2.75) is 18.9 Å². The summed E-state index contributed by atoms with van der Waals surface area (Å²) < 4.78 is 4.91. The van der Waals surface area contributed by atoms with Crippen LogP contribution in [0.15, 0.2) is 46.1 Å². The maximum absolute atomic E-state index is 12.0. The van der Waals surface area contributed by atoms with Gasteiger partial charge in [0.05, 0.1) is 17.1 Å². The van der Waals surface area contributed by atoms with Crippen molar-refractivity contribution < 1.29 is 9.32 Å². The van der Waals surface area contributed by atoms with Gasteiger partial charge in [0.2, 0.25) is 5.91 Å². The van der Waals surface area contributed by atoms with Crippen LogP contribution in [0, 0.1) is 13.8 Å². The summed E-state index contributed by atoms with van der Waals surface area (Å²) in [6.45, 7) is 3.58. The largest absolute Gasteiger partial charge is 0.360 e. The molecule has 0 aromatic carbocycles. The Balaban J connectivity index is 1.67. The summed E-state index contributed by atoms with van der Waals surface area (Å²) in [7, 11) is 0. The summed E-state index contributed by atoms with van der Waals surface area (Å²) in [5, 5.41) is 7.12. The zero-order valence-corrected chi connectivity index (χ0v) is 14.0. The average molecular weight is 341 g/mol. The first-order chi connectivity index (χ1) is 11.6. The fourth-order valence-electron chi connectivity index (χ4n) is 2.00. The Labute approximate surface area is 142 Å². The Morgan fingerprint density at radius 3 is 2.79 bits per heavy atom. The molecule has 24 heavy (non-hydrogen) atoms. The monoisotopic (exact) mass is 341 g/mol. The highest BCUT2D eigenvalue weighted by Crippen LogP contribution is 2.22. The Bertz CT molecular complexity index is 851. The van der Waals surface area contributed by atoms with Crippen LogP contribution in [0.2, 0.25) is 0 Å². The van der Waals surface area contributed by atoms with Gasteiger partial charge in [-0.2, -0.15) is 0 Å². The molecule has 0 saturated carbocycles. The maximum Gasteiger partial charge on any atom is 0.236 e. The number of thioether (sulfide) groups is 1. The Hall–Kier alpha value is -2.74. The van der Waals surface area contributed by atoms with Gasteiger partial charge in [0.25, 0.3) is 0 Å². The van der Waals surface area contributed by atoms with E-state index in [2.05, 4.69) is 25.4 Å². The molecule has 122 valence electrons. The normalized spacial score (nSPS) is 10.6. The second-order valence-corrected chi connectivity index (χ2v) is 6.01. The SMILES string of the molecule is Cc1nc(SCC(=O)Nc2cc(C)on2)cc(-c2ccccn2)n1. The van der Waals surface area contributed by atoms with Gasteiger partial charge in [-0.25, -0.2) is 9.97 Å². The molecule has 0 bridgehead atoms. The van der Waals surface area contributed by atoms with Crippen LogP contribution in [-0.2, 0) is 4.79 Å². The van der Waals surface area contributed by atoms with E-state index in [1.165, 1.54) is 11.8 Å². The van der Waals surface area contributed by atoms with Crippen molar-refractivity contribution in [1.82, 2.24) is 20.1 Å². The fourth-order valence-corrected chi connectivity index (χ4v) is 2.75. The first kappa shape index (κ1) is 16.1. The summed E-state index contributed by atoms with van der Waals surface area (Å²) in [4.78, 5) is 25.0. The van der Waals surface area contributed by atoms with Gasteiger partial charge in [0.15, 0.2) is 5.82 Å². The molecule has 0 saturated heterocycles. The summed E-state index contributed by atoms with van der Waals surface area (Å²) in [5.41, 5.74) is 1.51. The number of carbonyl (C=O) groups is 1. The zero-order valence-electron chi connectivity index (χ0n) is 13.2. The number of hydrogen-bond acceptors (Lipinski definition) is 7. The van der Waals surface area contributed by atoms with E-state index in [9.17, 15) is 4.79 Å². The molecule has 0 fully saturated rings. The molecule has 0 atom stereocenters. The van der Waals surface area contributed by atoms with Crippen molar-refractivity contribution in [3.63, 3.8) is 0 Å². The smallest absolute Gasteiger partial charge is 0.236 e. The van der Waals surface area contributed by atoms with E-state index < -0.39 is 0 Å². The van der Waals surface area contributed by atoms with Crippen LogP contribution in [0.4, 0.5) is 5.82 Å². The highest BCUT2D eigenvalue weighted by molar-refractivity contribution is 7.99. The Kier molecular flexibility index (Phi) is 4.85. The van der Waals surface area contributed by atoms with Gasteiger partial charge in [-0.15, -0.1) is 0 Å². The molecule has 0 aliphatic heterocycles. The third kappa shape index (κ3) is 4.17. The minimum Gasteiger partial charge on any atom is -0.360 e. The highest BCUT2D eigenvalue weighted by Gasteiger charge is 2.10. The van der Waals surface area contributed by atoms with Crippen molar-refractivity contribution >= 4 is 23.5 Å². The molecule has 3 aromatic heterocycles. The number of aromatic nitrogens is 4. The summed E-state index contributed by atoms with van der Waals surface area (Å²) in [5.74, 6) is 1.72. The number of aryl methyl sites for hydroxylation is 2. The van der Waals surface area contributed by atoms with E-state index in [1.807, 2.05) is 31.2 Å². The number of amides is 1. The number of anilines is 1. The molecule has 7 nitrogen and oxygen atoms in total. The van der Waals surface area contributed by atoms with E-state index in [1.54, 1.807) is 19.2 Å². The number of pyridine rings is 1. The lowest BCUT2D eigenvalue weighted by molar-refractivity contribution is -0.113. The highest BCUT2D eigenvalue weighted by atomic mass is 32.2. The van der Waals surface area contributed by atoms with Crippen LogP contribution in [0.3, 0.4) is 0 Å². The maximum atomic E-state index is 12.0. The molecule has 0 aliphatic rings. The summed E-state index contributed by atoms with van der Waals surface area (Å²) >= 11 is 1.33. The van der Waals surface area contributed by atoms with Gasteiger partial charge in [0, 0.05) is 12.3 Å². The molecular weight excluding hydrogens is 326 g/mol. The molecule has 0 aliphatic carbocycles. The molecule has 8 heteroatoms. The van der Waals surface area contributed by atoms with Crippen molar-refractivity contribution in [2.75, 3.05) is 11.1 Å². The van der Waals surface area contributed by atoms with Crippen molar-refractivity contribution in [2.24, 2.45) is 0 Å². The molecule has 0 radical (unpaired) electrons. The number of nitrogens with one attached hydrogen (secondary N) is 1. The van der Waals surface area contributed by atoms with Crippen LogP contribution in [-0.4, -0.2) is 31.8 Å². The Morgan fingerprint density at radius 1 is 1.21 bits per heavy atom. The molecule has 0 spiro atoms. The van der Waals surface area contributed by atoms with E-state index in [4.69, 9.17) is 4.52 Å². The number of rotatable bonds is 5. The third-order valence-corrected chi connectivity index (χ3v) is 3.90. The predicted octanol–water partition coefficient (Wildman–Crippen LogP) is 2.87. The van der Waals surface area contributed by atoms with E-state index in [-0.39, 0.29) is 11.7 Å². The molecule has 3 rings (SSSR count). The first-order valence-corrected chi connectivity index (χ1v) is 8.22. The quantitative estimate of drug-likeness (QED) is 0.563. The second kappa shape index (κ2) is 7.22. The van der Waals surface area contributed by atoms with Gasteiger partial charge < -0.3 is 9.84 Å². The van der Waals surface area contributed by atoms with Gasteiger partial charge in [-0.05, 0) is 32.0 Å². The number of carbonyl (C=O) groups excluding carboxylic acids is 1. The van der Waals surface area contributed by atoms with Crippen LogP contribution < -0.4 is 5.32 Å². The van der Waals surface area contributed by atoms with Crippen LogP contribution >= 0.6 is 11.8 Å². The number of hydrogen-bond donors (Lipinski definition) is 1. The predicted molar refractivity (Wildman–Crippen MR) is 90.6 cm³/mol. The molecule has 0 unspecified atom stereocenters. The summed E-state index contributed by atoms with van der Waals surface area (Å²) in [6, 6.07) is 9.13. The lowest BCUT2D eigenvalue weighted by Gasteiger charge is -2.05. The van der Waals surface area contributed by atoms with Crippen molar-refractivity contribution in [3.05, 3.63) is 48.1 Å². The second-order valence-electron chi connectivity index (χ2n) is 5.01. The topological polar surface area (TPSA) is 93.8 Å². The molecular formula is C16H15N5O2S. The van der Waals surface area contributed by atoms with E-state index in [0.717, 1.165) is 16.4 Å². The standard InChI is InChI=1S/C16H15N5O2S/c1-10-7-14(21-23-10)20-15(22)9-24-16-8-13(18-11(2)19-16)12-5-3-4-6-17-12/h3-8H,9H2,1-2H3,(H,20,21,22). The van der Waals surface area contributed by atoms with E-state index >= 15 is 0 Å². The minimum absolute atomic E-state index is 0.177. The fraction of sp³-hybridized carbons (Fsp3) is 0.188. The number of nitrogens with zero attached hydrogens (tertiary/aromatic N) is 4. The van der Waals surface area contributed by atoms with Crippen molar-refractivity contribution in [3.8, 4) is 11.4 Å². The molecule has 3 heterocycles.